The Morgan fingerprint density at radius 2 is 1.93 bits per heavy atom. The fraction of sp³-hybridized carbons (Fsp3) is 0.538. The number of aryl methyl sites for hydroxylation is 1. The predicted molar refractivity (Wildman–Crippen MR) is 65.3 cm³/mol. The van der Waals surface area contributed by atoms with Crippen LogP contribution in [0.2, 0.25) is 5.02 Å². The standard InChI is InChI=1S/C11H13ClO.C2H6/c1-2-8-3-4-9(10(12)7-8)11(13)5-6-11;1-2/h3-4,7,13H,2,5-6H2,1H3;1-2H3. The molecule has 15 heavy (non-hydrogen) atoms. The molecule has 1 nitrogen and oxygen atoms in total. The van der Waals surface area contributed by atoms with Crippen molar-refractivity contribution in [1.82, 2.24) is 0 Å². The molecule has 0 spiro atoms. The van der Waals surface area contributed by atoms with Crippen LogP contribution in [0.1, 0.15) is 44.7 Å². The topological polar surface area (TPSA) is 20.2 Å². The second-order valence-electron chi connectivity index (χ2n) is 3.70. The van der Waals surface area contributed by atoms with Gasteiger partial charge < -0.3 is 5.11 Å². The van der Waals surface area contributed by atoms with Crippen LogP contribution >= 0.6 is 11.6 Å². The van der Waals surface area contributed by atoms with Crippen LogP contribution in [0.4, 0.5) is 0 Å². The summed E-state index contributed by atoms with van der Waals surface area (Å²) in [6.07, 6.45) is 2.68. The largest absolute Gasteiger partial charge is 0.385 e. The minimum Gasteiger partial charge on any atom is -0.385 e. The van der Waals surface area contributed by atoms with Gasteiger partial charge in [0.05, 0.1) is 5.60 Å². The minimum atomic E-state index is -0.608. The summed E-state index contributed by atoms with van der Waals surface area (Å²) in [5.41, 5.74) is 1.51. The summed E-state index contributed by atoms with van der Waals surface area (Å²) in [7, 11) is 0. The molecule has 2 heteroatoms. The Balaban J connectivity index is 0.000000531. The molecule has 1 fully saturated rings. The van der Waals surface area contributed by atoms with E-state index >= 15 is 0 Å². The average molecular weight is 227 g/mol. The molecule has 0 saturated heterocycles. The molecule has 1 aliphatic rings. The zero-order valence-corrected chi connectivity index (χ0v) is 10.4. The molecule has 0 bridgehead atoms. The lowest BCUT2D eigenvalue weighted by Crippen LogP contribution is -2.05. The van der Waals surface area contributed by atoms with Gasteiger partial charge in [0.2, 0.25) is 0 Å². The lowest BCUT2D eigenvalue weighted by atomic mass is 10.0. The fourth-order valence-electron chi connectivity index (χ4n) is 1.54. The van der Waals surface area contributed by atoms with E-state index in [1.807, 2.05) is 32.0 Å². The van der Waals surface area contributed by atoms with E-state index in [9.17, 15) is 5.11 Å². The molecule has 84 valence electrons. The van der Waals surface area contributed by atoms with Crippen LogP contribution in [0.25, 0.3) is 0 Å². The smallest absolute Gasteiger partial charge is 0.0913 e. The van der Waals surface area contributed by atoms with E-state index in [1.165, 1.54) is 5.56 Å². The highest BCUT2D eigenvalue weighted by Crippen LogP contribution is 2.47. The highest BCUT2D eigenvalue weighted by atomic mass is 35.5. The zero-order chi connectivity index (χ0) is 11.5. The first kappa shape index (κ1) is 12.5. The Morgan fingerprint density at radius 3 is 2.33 bits per heavy atom. The van der Waals surface area contributed by atoms with Crippen LogP contribution < -0.4 is 0 Å². The van der Waals surface area contributed by atoms with E-state index in [2.05, 4.69) is 6.92 Å². The summed E-state index contributed by atoms with van der Waals surface area (Å²) < 4.78 is 0. The van der Waals surface area contributed by atoms with E-state index in [1.54, 1.807) is 0 Å². The van der Waals surface area contributed by atoms with Crippen LogP contribution in [0.5, 0.6) is 0 Å². The van der Waals surface area contributed by atoms with Crippen molar-refractivity contribution in [3.05, 3.63) is 34.3 Å². The van der Waals surface area contributed by atoms with Gasteiger partial charge in [-0.1, -0.05) is 44.5 Å². The number of hydrogen-bond donors (Lipinski definition) is 1. The fourth-order valence-corrected chi connectivity index (χ4v) is 1.92. The van der Waals surface area contributed by atoms with Gasteiger partial charge in [0.1, 0.15) is 0 Å². The third-order valence-electron chi connectivity index (χ3n) is 2.67. The van der Waals surface area contributed by atoms with Gasteiger partial charge in [-0.25, -0.2) is 0 Å². The van der Waals surface area contributed by atoms with Crippen LogP contribution in [0.15, 0.2) is 18.2 Å². The molecular formula is C13H19ClO. The molecule has 0 radical (unpaired) electrons. The third kappa shape index (κ3) is 2.73. The molecule has 1 N–H and O–H groups in total. The van der Waals surface area contributed by atoms with E-state index in [4.69, 9.17) is 11.6 Å². The van der Waals surface area contributed by atoms with Gasteiger partial charge in [0, 0.05) is 10.6 Å². The Morgan fingerprint density at radius 1 is 1.33 bits per heavy atom. The second kappa shape index (κ2) is 5.00. The summed E-state index contributed by atoms with van der Waals surface area (Å²) in [5.74, 6) is 0. The summed E-state index contributed by atoms with van der Waals surface area (Å²) in [6, 6.07) is 5.94. The van der Waals surface area contributed by atoms with E-state index in [-0.39, 0.29) is 0 Å². The quantitative estimate of drug-likeness (QED) is 0.811. The highest BCUT2D eigenvalue weighted by molar-refractivity contribution is 6.31. The van der Waals surface area contributed by atoms with Crippen molar-refractivity contribution in [3.63, 3.8) is 0 Å². The van der Waals surface area contributed by atoms with Crippen LogP contribution in [-0.2, 0) is 12.0 Å². The monoisotopic (exact) mass is 226 g/mol. The molecule has 2 rings (SSSR count). The second-order valence-corrected chi connectivity index (χ2v) is 4.11. The van der Waals surface area contributed by atoms with Gasteiger partial charge in [-0.2, -0.15) is 0 Å². The van der Waals surface area contributed by atoms with Gasteiger partial charge >= 0.3 is 0 Å². The molecular weight excluding hydrogens is 208 g/mol. The van der Waals surface area contributed by atoms with Crippen molar-refractivity contribution in [2.75, 3.05) is 0 Å². The van der Waals surface area contributed by atoms with Crippen molar-refractivity contribution >= 4 is 11.6 Å². The van der Waals surface area contributed by atoms with Gasteiger partial charge in [-0.05, 0) is 30.9 Å². The normalized spacial score (nSPS) is 16.6. The lowest BCUT2D eigenvalue weighted by Gasteiger charge is -2.10. The van der Waals surface area contributed by atoms with Crippen LogP contribution in [-0.4, -0.2) is 5.11 Å². The lowest BCUT2D eigenvalue weighted by molar-refractivity contribution is 0.151. The van der Waals surface area contributed by atoms with Crippen molar-refractivity contribution < 1.29 is 5.11 Å². The van der Waals surface area contributed by atoms with Gasteiger partial charge in [-0.15, -0.1) is 0 Å². The SMILES string of the molecule is CC.CCc1ccc(C2(O)CC2)c(Cl)c1. The van der Waals surface area contributed by atoms with E-state index in [0.29, 0.717) is 5.02 Å². The zero-order valence-electron chi connectivity index (χ0n) is 9.68. The summed E-state index contributed by atoms with van der Waals surface area (Å²) in [5, 5.41) is 10.6. The number of benzene rings is 1. The first-order valence-corrected chi connectivity index (χ1v) is 6.05. The first-order chi connectivity index (χ1) is 7.15. The molecule has 0 amide bonds. The summed E-state index contributed by atoms with van der Waals surface area (Å²) >= 11 is 6.07. The Labute approximate surface area is 97.1 Å². The molecule has 0 unspecified atom stereocenters. The number of rotatable bonds is 2. The summed E-state index contributed by atoms with van der Waals surface area (Å²) in [4.78, 5) is 0. The maximum atomic E-state index is 9.86. The van der Waals surface area contributed by atoms with Crippen molar-refractivity contribution in [2.24, 2.45) is 0 Å². The molecule has 1 aliphatic carbocycles. The molecule has 0 aliphatic heterocycles. The average Bonchev–Trinajstić information content (AvgIpc) is 3.00. The molecule has 0 heterocycles. The summed E-state index contributed by atoms with van der Waals surface area (Å²) in [6.45, 7) is 6.09. The highest BCUT2D eigenvalue weighted by Gasteiger charge is 2.43. The first-order valence-electron chi connectivity index (χ1n) is 5.67. The van der Waals surface area contributed by atoms with Crippen molar-refractivity contribution in [2.45, 2.75) is 45.6 Å². The molecule has 1 aromatic carbocycles. The van der Waals surface area contributed by atoms with E-state index < -0.39 is 5.60 Å². The van der Waals surface area contributed by atoms with Crippen molar-refractivity contribution in [1.29, 1.82) is 0 Å². The maximum absolute atomic E-state index is 9.86. The number of halogens is 1. The van der Waals surface area contributed by atoms with Gasteiger partial charge in [-0.3, -0.25) is 0 Å². The van der Waals surface area contributed by atoms with E-state index in [0.717, 1.165) is 24.8 Å². The number of hydrogen-bond acceptors (Lipinski definition) is 1. The molecule has 1 aromatic rings. The van der Waals surface area contributed by atoms with Crippen molar-refractivity contribution in [3.8, 4) is 0 Å². The Kier molecular flexibility index (Phi) is 4.18. The molecule has 0 aromatic heterocycles. The maximum Gasteiger partial charge on any atom is 0.0913 e. The third-order valence-corrected chi connectivity index (χ3v) is 2.98. The minimum absolute atomic E-state index is 0.608. The van der Waals surface area contributed by atoms with Crippen LogP contribution in [0, 0.1) is 0 Å². The van der Waals surface area contributed by atoms with Gasteiger partial charge in [0.25, 0.3) is 0 Å². The molecule has 0 atom stereocenters. The Hall–Kier alpha value is -0.530. The Bertz CT molecular complexity index is 329. The predicted octanol–water partition coefficient (Wildman–Crippen LogP) is 3.91. The molecule has 1 saturated carbocycles. The van der Waals surface area contributed by atoms with Gasteiger partial charge in [0.15, 0.2) is 0 Å². The number of aliphatic hydroxyl groups is 1. The van der Waals surface area contributed by atoms with Crippen LogP contribution in [0.3, 0.4) is 0 Å².